The molecule has 0 N–H and O–H groups in total. The molecule has 0 radical (unpaired) electrons. The van der Waals surface area contributed by atoms with Crippen molar-refractivity contribution in [2.24, 2.45) is 0 Å². The standard InChI is InChI=1S/C10H14N6O2S/c1-7(2)15-8(3)12-13-10(15)19-6-14-5-9(4-11-14)16(17)18/h4-5,7H,6H2,1-3H3. The van der Waals surface area contributed by atoms with Crippen LogP contribution >= 0.6 is 11.8 Å². The molecule has 0 aliphatic heterocycles. The molecule has 0 aliphatic rings. The second-order valence-corrected chi connectivity index (χ2v) is 5.17. The maximum Gasteiger partial charge on any atom is 0.307 e. The highest BCUT2D eigenvalue weighted by Gasteiger charge is 2.13. The van der Waals surface area contributed by atoms with Crippen LogP contribution in [0.3, 0.4) is 0 Å². The van der Waals surface area contributed by atoms with Crippen molar-refractivity contribution in [1.29, 1.82) is 0 Å². The van der Waals surface area contributed by atoms with Crippen molar-refractivity contribution in [3.05, 3.63) is 28.3 Å². The summed E-state index contributed by atoms with van der Waals surface area (Å²) < 4.78 is 3.53. The van der Waals surface area contributed by atoms with Gasteiger partial charge in [0.25, 0.3) is 0 Å². The van der Waals surface area contributed by atoms with Crippen molar-refractivity contribution in [3.8, 4) is 0 Å². The Kier molecular flexibility index (Phi) is 3.84. The van der Waals surface area contributed by atoms with E-state index in [1.807, 2.05) is 11.5 Å². The van der Waals surface area contributed by atoms with Crippen molar-refractivity contribution in [1.82, 2.24) is 24.5 Å². The van der Waals surface area contributed by atoms with Gasteiger partial charge in [0, 0.05) is 6.04 Å². The third kappa shape index (κ3) is 2.92. The van der Waals surface area contributed by atoms with E-state index in [1.54, 1.807) is 0 Å². The Hall–Kier alpha value is -1.90. The first-order valence-corrected chi connectivity index (χ1v) is 6.68. The molecule has 0 amide bonds. The van der Waals surface area contributed by atoms with E-state index in [9.17, 15) is 10.1 Å². The zero-order chi connectivity index (χ0) is 14.0. The fourth-order valence-electron chi connectivity index (χ4n) is 1.68. The van der Waals surface area contributed by atoms with E-state index < -0.39 is 4.92 Å². The normalized spacial score (nSPS) is 11.2. The van der Waals surface area contributed by atoms with Crippen LogP contribution in [-0.4, -0.2) is 29.5 Å². The van der Waals surface area contributed by atoms with Gasteiger partial charge in [0.2, 0.25) is 0 Å². The molecule has 0 atom stereocenters. The van der Waals surface area contributed by atoms with Gasteiger partial charge in [0.05, 0.1) is 10.8 Å². The minimum absolute atomic E-state index is 0.0119. The fourth-order valence-corrected chi connectivity index (χ4v) is 2.65. The molecule has 0 saturated carbocycles. The topological polar surface area (TPSA) is 91.7 Å². The summed E-state index contributed by atoms with van der Waals surface area (Å²) in [5.41, 5.74) is -0.0119. The first kappa shape index (κ1) is 13.5. The lowest BCUT2D eigenvalue weighted by molar-refractivity contribution is -0.385. The van der Waals surface area contributed by atoms with Crippen molar-refractivity contribution in [2.75, 3.05) is 0 Å². The van der Waals surface area contributed by atoms with E-state index in [2.05, 4.69) is 29.1 Å². The largest absolute Gasteiger partial charge is 0.307 e. The molecule has 102 valence electrons. The average Bonchev–Trinajstić information content (AvgIpc) is 2.92. The maximum atomic E-state index is 10.6. The Bertz CT molecular complexity index is 591. The van der Waals surface area contributed by atoms with Gasteiger partial charge in [0.1, 0.15) is 18.2 Å². The van der Waals surface area contributed by atoms with Crippen LogP contribution in [0, 0.1) is 17.0 Å². The molecule has 2 rings (SSSR count). The van der Waals surface area contributed by atoms with E-state index in [1.165, 1.54) is 28.8 Å². The fraction of sp³-hybridized carbons (Fsp3) is 0.500. The Balaban J connectivity index is 2.08. The van der Waals surface area contributed by atoms with Gasteiger partial charge >= 0.3 is 5.69 Å². The number of nitro groups is 1. The lowest BCUT2D eigenvalue weighted by Crippen LogP contribution is -2.05. The molecule has 2 heterocycles. The number of aryl methyl sites for hydroxylation is 1. The molecule has 2 aromatic rings. The zero-order valence-electron chi connectivity index (χ0n) is 10.8. The molecular weight excluding hydrogens is 268 g/mol. The van der Waals surface area contributed by atoms with Crippen molar-refractivity contribution in [3.63, 3.8) is 0 Å². The van der Waals surface area contributed by atoms with Gasteiger partial charge in [-0.05, 0) is 20.8 Å². The molecule has 0 aliphatic carbocycles. The summed E-state index contributed by atoms with van der Waals surface area (Å²) in [5, 5.41) is 23.4. The Labute approximate surface area is 114 Å². The van der Waals surface area contributed by atoms with Crippen molar-refractivity contribution in [2.45, 2.75) is 37.8 Å². The lowest BCUT2D eigenvalue weighted by Gasteiger charge is -2.11. The molecule has 0 bridgehead atoms. The molecule has 0 fully saturated rings. The zero-order valence-corrected chi connectivity index (χ0v) is 11.7. The molecule has 8 nitrogen and oxygen atoms in total. The van der Waals surface area contributed by atoms with Crippen LogP contribution in [-0.2, 0) is 5.88 Å². The minimum Gasteiger partial charge on any atom is -0.304 e. The number of aromatic nitrogens is 5. The highest BCUT2D eigenvalue weighted by molar-refractivity contribution is 7.98. The van der Waals surface area contributed by atoms with Crippen LogP contribution in [0.5, 0.6) is 0 Å². The predicted octanol–water partition coefficient (Wildman–Crippen LogP) is 2.02. The number of hydrogen-bond donors (Lipinski definition) is 0. The third-order valence-electron chi connectivity index (χ3n) is 2.51. The summed E-state index contributed by atoms with van der Waals surface area (Å²) in [6, 6.07) is 0.268. The van der Waals surface area contributed by atoms with Crippen LogP contribution < -0.4 is 0 Å². The van der Waals surface area contributed by atoms with E-state index in [0.717, 1.165) is 11.0 Å². The predicted molar refractivity (Wildman–Crippen MR) is 69.9 cm³/mol. The van der Waals surface area contributed by atoms with Gasteiger partial charge in [-0.1, -0.05) is 11.8 Å². The number of hydrogen-bond acceptors (Lipinski definition) is 6. The lowest BCUT2D eigenvalue weighted by atomic mass is 10.4. The summed E-state index contributed by atoms with van der Waals surface area (Å²) in [4.78, 5) is 10.1. The molecule has 0 saturated heterocycles. The minimum atomic E-state index is -0.463. The summed E-state index contributed by atoms with van der Waals surface area (Å²) in [7, 11) is 0. The van der Waals surface area contributed by atoms with Gasteiger partial charge < -0.3 is 4.57 Å². The van der Waals surface area contributed by atoms with Gasteiger partial charge in [-0.25, -0.2) is 0 Å². The summed E-state index contributed by atoms with van der Waals surface area (Å²) in [6.07, 6.45) is 2.63. The Morgan fingerprint density at radius 3 is 2.79 bits per heavy atom. The first-order valence-electron chi connectivity index (χ1n) is 5.70. The molecular formula is C10H14N6O2S. The number of thioether (sulfide) groups is 1. The van der Waals surface area contributed by atoms with Gasteiger partial charge in [-0.2, -0.15) is 5.10 Å². The van der Waals surface area contributed by atoms with Crippen LogP contribution in [0.25, 0.3) is 0 Å². The quantitative estimate of drug-likeness (QED) is 0.473. The monoisotopic (exact) mass is 282 g/mol. The second-order valence-electron chi connectivity index (χ2n) is 4.26. The van der Waals surface area contributed by atoms with Gasteiger partial charge in [0.15, 0.2) is 5.16 Å². The van der Waals surface area contributed by atoms with Crippen LogP contribution in [0.4, 0.5) is 5.69 Å². The highest BCUT2D eigenvalue weighted by atomic mass is 32.2. The first-order chi connectivity index (χ1) is 8.99. The Morgan fingerprint density at radius 1 is 1.47 bits per heavy atom. The summed E-state index contributed by atoms with van der Waals surface area (Å²) in [5.74, 6) is 1.31. The van der Waals surface area contributed by atoms with E-state index in [0.29, 0.717) is 5.88 Å². The third-order valence-corrected chi connectivity index (χ3v) is 3.44. The highest BCUT2D eigenvalue weighted by Crippen LogP contribution is 2.22. The van der Waals surface area contributed by atoms with Gasteiger partial charge in [-0.15, -0.1) is 10.2 Å². The average molecular weight is 282 g/mol. The van der Waals surface area contributed by atoms with E-state index in [-0.39, 0.29) is 11.7 Å². The molecule has 2 aromatic heterocycles. The number of nitrogens with zero attached hydrogens (tertiary/aromatic N) is 6. The van der Waals surface area contributed by atoms with Crippen LogP contribution in [0.2, 0.25) is 0 Å². The van der Waals surface area contributed by atoms with E-state index in [4.69, 9.17) is 0 Å². The number of rotatable bonds is 5. The van der Waals surface area contributed by atoms with Crippen LogP contribution in [0.15, 0.2) is 17.6 Å². The molecule has 0 aromatic carbocycles. The molecule has 0 unspecified atom stereocenters. The summed E-state index contributed by atoms with van der Waals surface area (Å²) >= 11 is 1.44. The Morgan fingerprint density at radius 2 is 2.21 bits per heavy atom. The maximum absolute atomic E-state index is 10.6. The van der Waals surface area contributed by atoms with Gasteiger partial charge in [-0.3, -0.25) is 14.8 Å². The van der Waals surface area contributed by atoms with Crippen molar-refractivity contribution < 1.29 is 4.92 Å². The second kappa shape index (κ2) is 5.39. The molecule has 0 spiro atoms. The van der Waals surface area contributed by atoms with Crippen LogP contribution in [0.1, 0.15) is 25.7 Å². The van der Waals surface area contributed by atoms with Crippen molar-refractivity contribution >= 4 is 17.4 Å². The molecule has 19 heavy (non-hydrogen) atoms. The SMILES string of the molecule is Cc1nnc(SCn2cc([N+](=O)[O-])cn2)n1C(C)C. The van der Waals surface area contributed by atoms with E-state index >= 15 is 0 Å². The smallest absolute Gasteiger partial charge is 0.304 e. The molecule has 9 heteroatoms. The summed E-state index contributed by atoms with van der Waals surface area (Å²) in [6.45, 7) is 6.01.